The summed E-state index contributed by atoms with van der Waals surface area (Å²) in [5.74, 6) is 1.36. The van der Waals surface area contributed by atoms with E-state index in [0.29, 0.717) is 12.3 Å². The molecule has 7 heteroatoms. The van der Waals surface area contributed by atoms with Gasteiger partial charge in [0, 0.05) is 17.4 Å². The predicted molar refractivity (Wildman–Crippen MR) is 67.0 cm³/mol. The Hall–Kier alpha value is -1.37. The van der Waals surface area contributed by atoms with Gasteiger partial charge < -0.3 is 5.11 Å². The Morgan fingerprint density at radius 2 is 2.28 bits per heavy atom. The molecule has 18 heavy (non-hydrogen) atoms. The molecule has 0 amide bonds. The van der Waals surface area contributed by atoms with Crippen LogP contribution >= 0.6 is 11.8 Å². The molecule has 1 aromatic rings. The fraction of sp³-hybridized carbons (Fsp3) is 0.636. The molecule has 1 aliphatic carbocycles. The number of aliphatic carboxylic acids is 1. The van der Waals surface area contributed by atoms with E-state index < -0.39 is 5.97 Å². The average Bonchev–Trinajstić information content (AvgIpc) is 2.68. The van der Waals surface area contributed by atoms with E-state index in [1.807, 2.05) is 4.68 Å². The monoisotopic (exact) mass is 266 g/mol. The summed E-state index contributed by atoms with van der Waals surface area (Å²) in [5, 5.41) is 22.4. The first-order valence-corrected chi connectivity index (χ1v) is 7.09. The summed E-state index contributed by atoms with van der Waals surface area (Å²) in [6.45, 7) is 0. The van der Waals surface area contributed by atoms with Crippen LogP contribution in [0.4, 0.5) is 0 Å². The van der Waals surface area contributed by atoms with Crippen LogP contribution in [0.15, 0.2) is 10.3 Å². The van der Waals surface area contributed by atoms with Crippen molar-refractivity contribution in [2.75, 3.05) is 5.75 Å². The number of hydrogen-bond donors (Lipinski definition) is 1. The van der Waals surface area contributed by atoms with Crippen LogP contribution in [0.5, 0.6) is 0 Å². The molecule has 0 atom stereocenters. The molecular weight excluding hydrogens is 252 g/mol. The smallest absolute Gasteiger partial charge is 0.303 e. The fourth-order valence-corrected chi connectivity index (χ4v) is 2.93. The number of rotatable bonds is 4. The summed E-state index contributed by atoms with van der Waals surface area (Å²) in [6, 6.07) is 0. The third-order valence-corrected chi connectivity index (χ3v) is 4.33. The first kappa shape index (κ1) is 11.7. The second kappa shape index (κ2) is 4.72. The summed E-state index contributed by atoms with van der Waals surface area (Å²) >= 11 is 1.59. The van der Waals surface area contributed by atoms with Crippen molar-refractivity contribution >= 4 is 23.4 Å². The zero-order chi connectivity index (χ0) is 12.5. The molecule has 3 rings (SSSR count). The van der Waals surface area contributed by atoms with Gasteiger partial charge in [-0.05, 0) is 19.3 Å². The van der Waals surface area contributed by atoms with Crippen molar-refractivity contribution < 1.29 is 9.90 Å². The second-order valence-corrected chi connectivity index (χ2v) is 5.57. The highest BCUT2D eigenvalue weighted by atomic mass is 32.2. The van der Waals surface area contributed by atoms with Crippen LogP contribution in [0.25, 0.3) is 0 Å². The number of carboxylic acids is 1. The SMILES string of the molecule is O=C(O)CCC1=Nn2c(nnc2C2CCC2)SC1. The molecule has 0 spiro atoms. The average molecular weight is 266 g/mol. The first-order valence-electron chi connectivity index (χ1n) is 6.10. The van der Waals surface area contributed by atoms with Gasteiger partial charge in [-0.25, -0.2) is 0 Å². The van der Waals surface area contributed by atoms with Crippen LogP contribution in [0, 0.1) is 0 Å². The van der Waals surface area contributed by atoms with Crippen LogP contribution in [0.1, 0.15) is 43.8 Å². The van der Waals surface area contributed by atoms with Crippen LogP contribution in [-0.2, 0) is 4.79 Å². The molecule has 1 N–H and O–H groups in total. The number of thioether (sulfide) groups is 1. The molecule has 1 saturated carbocycles. The molecule has 1 aromatic heterocycles. The molecule has 0 unspecified atom stereocenters. The number of fused-ring (bicyclic) bond motifs is 1. The van der Waals surface area contributed by atoms with Gasteiger partial charge in [0.2, 0.25) is 5.16 Å². The molecule has 2 heterocycles. The molecule has 2 aliphatic rings. The summed E-state index contributed by atoms with van der Waals surface area (Å²) in [4.78, 5) is 10.6. The summed E-state index contributed by atoms with van der Waals surface area (Å²) in [6.07, 6.45) is 4.20. The van der Waals surface area contributed by atoms with E-state index in [-0.39, 0.29) is 6.42 Å². The Morgan fingerprint density at radius 1 is 1.44 bits per heavy atom. The van der Waals surface area contributed by atoms with E-state index >= 15 is 0 Å². The van der Waals surface area contributed by atoms with Crippen LogP contribution in [-0.4, -0.2) is 37.4 Å². The van der Waals surface area contributed by atoms with Gasteiger partial charge in [-0.2, -0.15) is 9.78 Å². The quantitative estimate of drug-likeness (QED) is 0.897. The van der Waals surface area contributed by atoms with E-state index in [4.69, 9.17) is 5.11 Å². The van der Waals surface area contributed by atoms with Gasteiger partial charge in [-0.15, -0.1) is 10.2 Å². The number of carboxylic acid groups (broad SMARTS) is 1. The predicted octanol–water partition coefficient (Wildman–Crippen LogP) is 1.72. The molecule has 1 fully saturated rings. The van der Waals surface area contributed by atoms with Gasteiger partial charge in [0.1, 0.15) is 0 Å². The van der Waals surface area contributed by atoms with Crippen molar-refractivity contribution in [1.82, 2.24) is 14.9 Å². The van der Waals surface area contributed by atoms with Crippen LogP contribution in [0.3, 0.4) is 0 Å². The largest absolute Gasteiger partial charge is 0.481 e. The van der Waals surface area contributed by atoms with E-state index in [0.717, 1.165) is 35.3 Å². The Balaban J connectivity index is 1.80. The van der Waals surface area contributed by atoms with Crippen molar-refractivity contribution in [1.29, 1.82) is 0 Å². The minimum Gasteiger partial charge on any atom is -0.481 e. The van der Waals surface area contributed by atoms with Gasteiger partial charge in [0.05, 0.1) is 6.42 Å². The number of hydrogen-bond acceptors (Lipinski definition) is 5. The maximum Gasteiger partial charge on any atom is 0.303 e. The van der Waals surface area contributed by atoms with Gasteiger partial charge in [-0.1, -0.05) is 18.2 Å². The molecule has 0 aromatic carbocycles. The van der Waals surface area contributed by atoms with Crippen molar-refractivity contribution in [2.24, 2.45) is 5.10 Å². The minimum atomic E-state index is -0.781. The molecule has 6 nitrogen and oxygen atoms in total. The summed E-state index contributed by atoms with van der Waals surface area (Å²) < 4.78 is 1.81. The van der Waals surface area contributed by atoms with Crippen molar-refractivity contribution in [3.8, 4) is 0 Å². The van der Waals surface area contributed by atoms with Crippen molar-refractivity contribution in [2.45, 2.75) is 43.2 Å². The van der Waals surface area contributed by atoms with Crippen molar-refractivity contribution in [3.05, 3.63) is 5.82 Å². The molecule has 1 aliphatic heterocycles. The van der Waals surface area contributed by atoms with Gasteiger partial charge in [0.25, 0.3) is 0 Å². The van der Waals surface area contributed by atoms with Crippen LogP contribution < -0.4 is 0 Å². The summed E-state index contributed by atoms with van der Waals surface area (Å²) in [5.41, 5.74) is 0.912. The lowest BCUT2D eigenvalue weighted by Crippen LogP contribution is -2.18. The lowest BCUT2D eigenvalue weighted by Gasteiger charge is -2.24. The zero-order valence-corrected chi connectivity index (χ0v) is 10.7. The standard InChI is InChI=1S/C11H14N4O2S/c16-9(17)5-4-8-6-18-11-13-12-10(15(11)14-8)7-2-1-3-7/h7H,1-6H2,(H,16,17). The molecular formula is C11H14N4O2S. The van der Waals surface area contributed by atoms with Gasteiger partial charge in [-0.3, -0.25) is 4.79 Å². The lowest BCUT2D eigenvalue weighted by molar-refractivity contribution is -0.136. The van der Waals surface area contributed by atoms with E-state index in [9.17, 15) is 4.79 Å². The maximum atomic E-state index is 10.6. The van der Waals surface area contributed by atoms with Crippen LogP contribution in [0.2, 0.25) is 0 Å². The van der Waals surface area contributed by atoms with Gasteiger partial charge >= 0.3 is 5.97 Å². The number of carbonyl (C=O) groups is 1. The third kappa shape index (κ3) is 2.14. The second-order valence-electron chi connectivity index (χ2n) is 4.63. The minimum absolute atomic E-state index is 0.135. The zero-order valence-electron chi connectivity index (χ0n) is 9.87. The fourth-order valence-electron chi connectivity index (χ4n) is 2.07. The topological polar surface area (TPSA) is 80.4 Å². The van der Waals surface area contributed by atoms with E-state index in [1.165, 1.54) is 6.42 Å². The first-order chi connectivity index (χ1) is 8.74. The Labute approximate surface area is 108 Å². The van der Waals surface area contributed by atoms with Crippen molar-refractivity contribution in [3.63, 3.8) is 0 Å². The lowest BCUT2D eigenvalue weighted by atomic mass is 9.85. The highest BCUT2D eigenvalue weighted by Crippen LogP contribution is 2.37. The van der Waals surface area contributed by atoms with E-state index in [1.54, 1.807) is 11.8 Å². The Kier molecular flexibility index (Phi) is 3.07. The third-order valence-electron chi connectivity index (χ3n) is 3.34. The molecule has 0 radical (unpaired) electrons. The highest BCUT2D eigenvalue weighted by Gasteiger charge is 2.28. The molecule has 0 saturated heterocycles. The number of nitrogens with zero attached hydrogens (tertiary/aromatic N) is 4. The Morgan fingerprint density at radius 3 is 2.94 bits per heavy atom. The number of aromatic nitrogens is 3. The maximum absolute atomic E-state index is 10.6. The Bertz CT molecular complexity index is 507. The van der Waals surface area contributed by atoms with E-state index in [2.05, 4.69) is 15.3 Å². The molecule has 96 valence electrons. The van der Waals surface area contributed by atoms with Gasteiger partial charge in [0.15, 0.2) is 5.82 Å². The highest BCUT2D eigenvalue weighted by molar-refractivity contribution is 7.99. The molecule has 0 bridgehead atoms. The summed E-state index contributed by atoms with van der Waals surface area (Å²) in [7, 11) is 0. The normalized spacial score (nSPS) is 19.0.